The summed E-state index contributed by atoms with van der Waals surface area (Å²) in [4.78, 5) is 6.98. The van der Waals surface area contributed by atoms with E-state index in [-0.39, 0.29) is 0 Å². The Morgan fingerprint density at radius 1 is 1.20 bits per heavy atom. The van der Waals surface area contributed by atoms with Crippen molar-refractivity contribution in [3.63, 3.8) is 0 Å². The maximum absolute atomic E-state index is 4.55. The Morgan fingerprint density at radius 2 is 1.87 bits per heavy atom. The average molecular weight is 207 g/mol. The van der Waals surface area contributed by atoms with E-state index >= 15 is 0 Å². The minimum Gasteiger partial charge on any atom is -0.342 e. The van der Waals surface area contributed by atoms with Gasteiger partial charge in [0.25, 0.3) is 0 Å². The first-order valence-corrected chi connectivity index (χ1v) is 5.99. The Labute approximate surface area is 92.1 Å². The minimum atomic E-state index is 0.504. The molecule has 1 fully saturated rings. The summed E-state index contributed by atoms with van der Waals surface area (Å²) < 4.78 is 2.34. The van der Waals surface area contributed by atoms with E-state index in [1.54, 1.807) is 0 Å². The topological polar surface area (TPSA) is 21.1 Å². The molecule has 1 aliphatic rings. The van der Waals surface area contributed by atoms with Crippen LogP contribution >= 0.6 is 0 Å². The Bertz CT molecular complexity index is 322. The number of imidazole rings is 1. The van der Waals surface area contributed by atoms with Crippen molar-refractivity contribution in [1.82, 2.24) is 9.55 Å². The van der Waals surface area contributed by atoms with Gasteiger partial charge < -0.3 is 9.47 Å². The SMILES string of the molecule is Cc1cnc(N2CCCCC2)n1C(C)C. The molecule has 3 nitrogen and oxygen atoms in total. The van der Waals surface area contributed by atoms with Crippen molar-refractivity contribution >= 4 is 5.95 Å². The highest BCUT2D eigenvalue weighted by Crippen LogP contribution is 2.23. The number of aromatic nitrogens is 2. The summed E-state index contributed by atoms with van der Waals surface area (Å²) >= 11 is 0. The Balaban J connectivity index is 2.26. The molecule has 0 atom stereocenters. The molecule has 2 heterocycles. The number of piperidine rings is 1. The van der Waals surface area contributed by atoms with Crippen molar-refractivity contribution in [3.8, 4) is 0 Å². The van der Waals surface area contributed by atoms with Crippen molar-refractivity contribution in [2.45, 2.75) is 46.1 Å². The van der Waals surface area contributed by atoms with Gasteiger partial charge in [0.05, 0.1) is 6.20 Å². The third kappa shape index (κ3) is 2.01. The molecule has 0 aromatic carbocycles. The van der Waals surface area contributed by atoms with Gasteiger partial charge >= 0.3 is 0 Å². The first kappa shape index (κ1) is 10.5. The zero-order valence-electron chi connectivity index (χ0n) is 10.0. The molecule has 0 saturated carbocycles. The predicted molar refractivity (Wildman–Crippen MR) is 63.4 cm³/mol. The van der Waals surface area contributed by atoms with Gasteiger partial charge in [-0.25, -0.2) is 4.98 Å². The molecule has 1 aromatic heterocycles. The number of anilines is 1. The van der Waals surface area contributed by atoms with Crippen molar-refractivity contribution in [1.29, 1.82) is 0 Å². The fourth-order valence-corrected chi connectivity index (χ4v) is 2.40. The van der Waals surface area contributed by atoms with Crippen LogP contribution in [0.15, 0.2) is 6.20 Å². The molecule has 1 aromatic rings. The second kappa shape index (κ2) is 4.25. The lowest BCUT2D eigenvalue weighted by Crippen LogP contribution is -2.32. The van der Waals surface area contributed by atoms with Gasteiger partial charge in [0, 0.05) is 24.8 Å². The van der Waals surface area contributed by atoms with Crippen LogP contribution in [0.25, 0.3) is 0 Å². The van der Waals surface area contributed by atoms with Crippen LogP contribution in [-0.4, -0.2) is 22.6 Å². The van der Waals surface area contributed by atoms with E-state index in [1.807, 2.05) is 6.20 Å². The minimum absolute atomic E-state index is 0.504. The normalized spacial score (nSPS) is 17.5. The second-order valence-electron chi connectivity index (χ2n) is 4.71. The van der Waals surface area contributed by atoms with Gasteiger partial charge in [-0.3, -0.25) is 0 Å². The third-order valence-electron chi connectivity index (χ3n) is 3.12. The van der Waals surface area contributed by atoms with Crippen molar-refractivity contribution < 1.29 is 0 Å². The maximum Gasteiger partial charge on any atom is 0.205 e. The average Bonchev–Trinajstić information content (AvgIpc) is 2.61. The summed E-state index contributed by atoms with van der Waals surface area (Å²) in [6.45, 7) is 8.93. The largest absolute Gasteiger partial charge is 0.342 e. The summed E-state index contributed by atoms with van der Waals surface area (Å²) in [5.74, 6) is 1.17. The fraction of sp³-hybridized carbons (Fsp3) is 0.750. The molecule has 0 amide bonds. The fourth-order valence-electron chi connectivity index (χ4n) is 2.40. The molecule has 0 unspecified atom stereocenters. The Hall–Kier alpha value is -0.990. The van der Waals surface area contributed by atoms with E-state index in [9.17, 15) is 0 Å². The molecule has 2 rings (SSSR count). The number of rotatable bonds is 2. The summed E-state index contributed by atoms with van der Waals surface area (Å²) in [5.41, 5.74) is 1.27. The van der Waals surface area contributed by atoms with Gasteiger partial charge in [-0.1, -0.05) is 0 Å². The molecule has 15 heavy (non-hydrogen) atoms. The zero-order chi connectivity index (χ0) is 10.8. The standard InChI is InChI=1S/C12H21N3/c1-10(2)15-11(3)9-13-12(15)14-7-5-4-6-8-14/h9-10H,4-8H2,1-3H3. The molecule has 1 saturated heterocycles. The number of hydrogen-bond donors (Lipinski definition) is 0. The van der Waals surface area contributed by atoms with Crippen LogP contribution in [-0.2, 0) is 0 Å². The van der Waals surface area contributed by atoms with Crippen LogP contribution < -0.4 is 4.90 Å². The summed E-state index contributed by atoms with van der Waals surface area (Å²) in [5, 5.41) is 0. The van der Waals surface area contributed by atoms with Crippen molar-refractivity contribution in [2.24, 2.45) is 0 Å². The Morgan fingerprint density at radius 3 is 2.47 bits per heavy atom. The molecule has 0 bridgehead atoms. The first-order valence-electron chi connectivity index (χ1n) is 5.99. The molecule has 0 spiro atoms. The van der Waals surface area contributed by atoms with Crippen LogP contribution in [0.4, 0.5) is 5.95 Å². The highest BCUT2D eigenvalue weighted by atomic mass is 15.3. The van der Waals surface area contributed by atoms with Gasteiger partial charge in [0.1, 0.15) is 0 Å². The van der Waals surface area contributed by atoms with E-state index < -0.39 is 0 Å². The van der Waals surface area contributed by atoms with E-state index in [0.717, 1.165) is 0 Å². The van der Waals surface area contributed by atoms with Gasteiger partial charge in [-0.15, -0.1) is 0 Å². The number of nitrogens with zero attached hydrogens (tertiary/aromatic N) is 3. The van der Waals surface area contributed by atoms with E-state index in [1.165, 1.54) is 44.0 Å². The van der Waals surface area contributed by atoms with E-state index in [0.29, 0.717) is 6.04 Å². The highest BCUT2D eigenvalue weighted by molar-refractivity contribution is 5.34. The summed E-state index contributed by atoms with van der Waals surface area (Å²) in [6.07, 6.45) is 5.98. The van der Waals surface area contributed by atoms with Crippen LogP contribution in [0, 0.1) is 6.92 Å². The van der Waals surface area contributed by atoms with E-state index in [4.69, 9.17) is 0 Å². The zero-order valence-corrected chi connectivity index (χ0v) is 10.0. The van der Waals surface area contributed by atoms with Crippen LogP contribution in [0.5, 0.6) is 0 Å². The third-order valence-corrected chi connectivity index (χ3v) is 3.12. The van der Waals surface area contributed by atoms with Gasteiger partial charge in [-0.2, -0.15) is 0 Å². The maximum atomic E-state index is 4.55. The lowest BCUT2D eigenvalue weighted by molar-refractivity contribution is 0.528. The molecule has 0 N–H and O–H groups in total. The first-order chi connectivity index (χ1) is 7.20. The Kier molecular flexibility index (Phi) is 2.98. The molecular formula is C12H21N3. The second-order valence-corrected chi connectivity index (χ2v) is 4.71. The smallest absolute Gasteiger partial charge is 0.205 e. The van der Waals surface area contributed by atoms with Gasteiger partial charge in [0.2, 0.25) is 5.95 Å². The molecular weight excluding hydrogens is 186 g/mol. The van der Waals surface area contributed by atoms with Gasteiger partial charge in [0.15, 0.2) is 0 Å². The lowest BCUT2D eigenvalue weighted by Gasteiger charge is -2.29. The lowest BCUT2D eigenvalue weighted by atomic mass is 10.1. The molecule has 0 radical (unpaired) electrons. The predicted octanol–water partition coefficient (Wildman–Crippen LogP) is 2.76. The molecule has 1 aliphatic heterocycles. The monoisotopic (exact) mass is 207 g/mol. The summed E-state index contributed by atoms with van der Waals surface area (Å²) in [7, 11) is 0. The quantitative estimate of drug-likeness (QED) is 0.743. The molecule has 0 aliphatic carbocycles. The number of hydrogen-bond acceptors (Lipinski definition) is 2. The molecule has 3 heteroatoms. The van der Waals surface area contributed by atoms with Crippen molar-refractivity contribution in [3.05, 3.63) is 11.9 Å². The van der Waals surface area contributed by atoms with Crippen LogP contribution in [0.3, 0.4) is 0 Å². The van der Waals surface area contributed by atoms with Crippen LogP contribution in [0.1, 0.15) is 44.8 Å². The number of aryl methyl sites for hydroxylation is 1. The highest BCUT2D eigenvalue weighted by Gasteiger charge is 2.18. The summed E-state index contributed by atoms with van der Waals surface area (Å²) in [6, 6.07) is 0.504. The van der Waals surface area contributed by atoms with Gasteiger partial charge in [-0.05, 0) is 40.0 Å². The van der Waals surface area contributed by atoms with Crippen molar-refractivity contribution in [2.75, 3.05) is 18.0 Å². The molecule has 84 valence electrons. The van der Waals surface area contributed by atoms with Crippen LogP contribution in [0.2, 0.25) is 0 Å². The van der Waals surface area contributed by atoms with E-state index in [2.05, 4.69) is 35.2 Å².